The number of carbonyl (C=O) groups is 2. The van der Waals surface area contributed by atoms with Crippen LogP contribution in [0.15, 0.2) is 24.3 Å². The largest absolute Gasteiger partial charge is 0.484 e. The van der Waals surface area contributed by atoms with Gasteiger partial charge in [0.2, 0.25) is 5.91 Å². The predicted octanol–water partition coefficient (Wildman–Crippen LogP) is 1.27. The number of rotatable bonds is 7. The topological polar surface area (TPSA) is 76.7 Å². The fraction of sp³-hybridized carbons (Fsp3) is 0.500. The third kappa shape index (κ3) is 3.43. The molecule has 0 aromatic heterocycles. The summed E-state index contributed by atoms with van der Waals surface area (Å²) in [4.78, 5) is 23.5. The van der Waals surface area contributed by atoms with E-state index in [1.807, 2.05) is 0 Å². The number of benzene rings is 1. The summed E-state index contributed by atoms with van der Waals surface area (Å²) in [7, 11) is 1.49. The molecule has 0 radical (unpaired) electrons. The van der Waals surface area contributed by atoms with Crippen molar-refractivity contribution < 1.29 is 19.1 Å². The molecule has 0 spiro atoms. The summed E-state index contributed by atoms with van der Waals surface area (Å²) in [5.74, 6) is 0.333. The minimum Gasteiger partial charge on any atom is -0.484 e. The lowest BCUT2D eigenvalue weighted by molar-refractivity contribution is -0.152. The van der Waals surface area contributed by atoms with Crippen LogP contribution in [-0.4, -0.2) is 43.2 Å². The van der Waals surface area contributed by atoms with E-state index in [4.69, 9.17) is 21.1 Å². The molecule has 3 fully saturated rings. The minimum atomic E-state index is -0.180. The van der Waals surface area contributed by atoms with Gasteiger partial charge in [-0.25, -0.2) is 0 Å². The monoisotopic (exact) mass is 338 g/mol. The van der Waals surface area contributed by atoms with Crippen LogP contribution in [0.2, 0.25) is 5.02 Å². The molecule has 1 aromatic carbocycles. The van der Waals surface area contributed by atoms with Crippen molar-refractivity contribution in [2.24, 2.45) is 0 Å². The lowest BCUT2D eigenvalue weighted by atomic mass is 9.44. The van der Waals surface area contributed by atoms with Gasteiger partial charge >= 0.3 is 0 Å². The number of nitrogens with one attached hydrogen (secondary N) is 2. The molecule has 6 nitrogen and oxygen atoms in total. The number of hydrogen-bond acceptors (Lipinski definition) is 4. The van der Waals surface area contributed by atoms with E-state index in [0.29, 0.717) is 10.8 Å². The molecular weight excluding hydrogens is 320 g/mol. The Bertz CT molecular complexity index is 597. The van der Waals surface area contributed by atoms with Crippen molar-refractivity contribution in [3.05, 3.63) is 29.3 Å². The highest BCUT2D eigenvalue weighted by Gasteiger charge is 2.69. The first-order valence-corrected chi connectivity index (χ1v) is 7.81. The average molecular weight is 339 g/mol. The molecule has 0 heterocycles. The smallest absolute Gasteiger partial charge is 0.258 e. The maximum Gasteiger partial charge on any atom is 0.258 e. The van der Waals surface area contributed by atoms with Crippen molar-refractivity contribution in [2.75, 3.05) is 20.3 Å². The Hall–Kier alpha value is -1.79. The van der Waals surface area contributed by atoms with Gasteiger partial charge in [-0.1, -0.05) is 11.6 Å². The lowest BCUT2D eigenvalue weighted by Crippen LogP contribution is -2.84. The first-order valence-electron chi connectivity index (χ1n) is 7.44. The summed E-state index contributed by atoms with van der Waals surface area (Å²) >= 11 is 5.79. The first-order chi connectivity index (χ1) is 10.9. The number of halogens is 1. The predicted molar refractivity (Wildman–Crippen MR) is 84.4 cm³/mol. The first kappa shape index (κ1) is 16.1. The Kier molecular flexibility index (Phi) is 4.21. The van der Waals surface area contributed by atoms with Gasteiger partial charge in [0.1, 0.15) is 12.4 Å². The molecule has 7 heteroatoms. The molecule has 0 saturated heterocycles. The second-order valence-electron chi connectivity index (χ2n) is 6.36. The van der Waals surface area contributed by atoms with Crippen LogP contribution in [0.1, 0.15) is 19.3 Å². The molecule has 0 aliphatic heterocycles. The average Bonchev–Trinajstić information content (AvgIpc) is 2.43. The SMILES string of the molecule is COCC(=O)NC12CC(NC(=O)COc3ccc(Cl)cc3)(C1)C2. The molecule has 3 saturated carbocycles. The van der Waals surface area contributed by atoms with Gasteiger partial charge in [0.25, 0.3) is 5.91 Å². The highest BCUT2D eigenvalue weighted by molar-refractivity contribution is 6.30. The Labute approximate surface area is 139 Å². The minimum absolute atomic E-state index is 0.0353. The third-order valence-electron chi connectivity index (χ3n) is 4.30. The fourth-order valence-electron chi connectivity index (χ4n) is 3.53. The van der Waals surface area contributed by atoms with Crippen LogP contribution in [0.5, 0.6) is 5.75 Å². The fourth-order valence-corrected chi connectivity index (χ4v) is 3.65. The molecule has 2 N–H and O–H groups in total. The van der Waals surface area contributed by atoms with Crippen molar-refractivity contribution >= 4 is 23.4 Å². The van der Waals surface area contributed by atoms with E-state index in [1.54, 1.807) is 24.3 Å². The van der Waals surface area contributed by atoms with Gasteiger partial charge in [0.05, 0.1) is 0 Å². The van der Waals surface area contributed by atoms with Crippen LogP contribution in [0.4, 0.5) is 0 Å². The Balaban J connectivity index is 1.39. The van der Waals surface area contributed by atoms with E-state index < -0.39 is 0 Å². The van der Waals surface area contributed by atoms with Crippen LogP contribution in [-0.2, 0) is 14.3 Å². The zero-order valence-electron chi connectivity index (χ0n) is 12.9. The summed E-state index contributed by atoms with van der Waals surface area (Å²) < 4.78 is 10.2. The van der Waals surface area contributed by atoms with Crippen LogP contribution < -0.4 is 15.4 Å². The Morgan fingerprint density at radius 2 is 1.57 bits per heavy atom. The van der Waals surface area contributed by atoms with Crippen LogP contribution >= 0.6 is 11.6 Å². The number of ether oxygens (including phenoxy) is 2. The van der Waals surface area contributed by atoms with Crippen LogP contribution in [0, 0.1) is 0 Å². The second kappa shape index (κ2) is 6.02. The number of hydrogen-bond donors (Lipinski definition) is 2. The van der Waals surface area contributed by atoms with Crippen LogP contribution in [0.3, 0.4) is 0 Å². The summed E-state index contributed by atoms with van der Waals surface area (Å²) in [6.45, 7) is 0.0302. The number of amides is 2. The zero-order valence-corrected chi connectivity index (χ0v) is 13.6. The van der Waals surface area contributed by atoms with Crippen LogP contribution in [0.25, 0.3) is 0 Å². The summed E-state index contributed by atoms with van der Waals surface area (Å²) in [6.07, 6.45) is 2.30. The van der Waals surface area contributed by atoms with Gasteiger partial charge in [-0.05, 0) is 43.5 Å². The Morgan fingerprint density at radius 3 is 2.09 bits per heavy atom. The molecule has 1 aromatic rings. The molecular formula is C16H19ClN2O4. The zero-order chi connectivity index (χ0) is 16.5. The number of carbonyl (C=O) groups excluding carboxylic acids is 2. The van der Waals surface area contributed by atoms with E-state index in [-0.39, 0.29) is 36.1 Å². The second-order valence-corrected chi connectivity index (χ2v) is 6.80. The van der Waals surface area contributed by atoms with E-state index in [1.165, 1.54) is 7.11 Å². The quantitative estimate of drug-likeness (QED) is 0.785. The molecule has 23 heavy (non-hydrogen) atoms. The van der Waals surface area contributed by atoms with Crippen molar-refractivity contribution in [3.8, 4) is 5.75 Å². The van der Waals surface area contributed by atoms with E-state index in [2.05, 4.69) is 10.6 Å². The van der Waals surface area contributed by atoms with Crippen molar-refractivity contribution in [2.45, 2.75) is 30.3 Å². The third-order valence-corrected chi connectivity index (χ3v) is 4.55. The summed E-state index contributed by atoms with van der Waals surface area (Å²) in [5.41, 5.74) is -0.333. The summed E-state index contributed by atoms with van der Waals surface area (Å²) in [5, 5.41) is 6.58. The molecule has 3 aliphatic rings. The normalized spacial score (nSPS) is 27.4. The van der Waals surface area contributed by atoms with E-state index in [9.17, 15) is 9.59 Å². The highest BCUT2D eigenvalue weighted by Crippen LogP contribution is 2.60. The van der Waals surface area contributed by atoms with E-state index >= 15 is 0 Å². The lowest BCUT2D eigenvalue weighted by Gasteiger charge is -2.70. The standard InChI is InChI=1S/C16H19ClN2O4/c1-22-6-13(20)18-15-8-16(9-15,10-15)19-14(21)7-23-12-4-2-11(17)3-5-12/h2-5H,6-10H2,1H3,(H,18,20)(H,19,21). The van der Waals surface area contributed by atoms with Crippen molar-refractivity contribution in [1.29, 1.82) is 0 Å². The molecule has 4 rings (SSSR count). The van der Waals surface area contributed by atoms with Crippen molar-refractivity contribution in [3.63, 3.8) is 0 Å². The van der Waals surface area contributed by atoms with Gasteiger partial charge < -0.3 is 20.1 Å². The van der Waals surface area contributed by atoms with Gasteiger partial charge in [-0.15, -0.1) is 0 Å². The van der Waals surface area contributed by atoms with Gasteiger partial charge in [0, 0.05) is 23.2 Å². The molecule has 3 aliphatic carbocycles. The highest BCUT2D eigenvalue weighted by atomic mass is 35.5. The molecule has 124 valence electrons. The van der Waals surface area contributed by atoms with Crippen molar-refractivity contribution in [1.82, 2.24) is 10.6 Å². The van der Waals surface area contributed by atoms with E-state index in [0.717, 1.165) is 19.3 Å². The maximum atomic E-state index is 12.0. The summed E-state index contributed by atoms with van der Waals surface area (Å²) in [6, 6.07) is 6.86. The Morgan fingerprint density at radius 1 is 1.04 bits per heavy atom. The molecule has 2 amide bonds. The molecule has 0 unspecified atom stereocenters. The molecule has 2 bridgehead atoms. The number of methoxy groups -OCH3 is 1. The van der Waals surface area contributed by atoms with Gasteiger partial charge in [0.15, 0.2) is 6.61 Å². The maximum absolute atomic E-state index is 12.0. The van der Waals surface area contributed by atoms with Gasteiger partial charge in [-0.3, -0.25) is 9.59 Å². The molecule has 0 atom stereocenters. The van der Waals surface area contributed by atoms with Gasteiger partial charge in [-0.2, -0.15) is 0 Å².